The highest BCUT2D eigenvalue weighted by atomic mass is 32.2. The molecule has 0 saturated heterocycles. The summed E-state index contributed by atoms with van der Waals surface area (Å²) in [5.41, 5.74) is 5.50. The molecule has 8 heteroatoms. The van der Waals surface area contributed by atoms with Crippen LogP contribution in [0.4, 0.5) is 0 Å². The van der Waals surface area contributed by atoms with Crippen molar-refractivity contribution in [2.45, 2.75) is 57.1 Å². The fraction of sp³-hybridized carbons (Fsp3) is 0.692. The summed E-state index contributed by atoms with van der Waals surface area (Å²) in [5.74, 6) is 0.723. The van der Waals surface area contributed by atoms with Gasteiger partial charge in [0.25, 0.3) is 10.0 Å². The van der Waals surface area contributed by atoms with Gasteiger partial charge in [0, 0.05) is 31.7 Å². The van der Waals surface area contributed by atoms with Crippen LogP contribution in [0.15, 0.2) is 11.2 Å². The van der Waals surface area contributed by atoms with E-state index in [1.165, 1.54) is 4.31 Å². The predicted molar refractivity (Wildman–Crippen MR) is 85.6 cm³/mol. The second-order valence-electron chi connectivity index (χ2n) is 5.38. The molecule has 0 atom stereocenters. The minimum Gasteiger partial charge on any atom is -0.393 e. The molecule has 6 nitrogen and oxygen atoms in total. The number of sulfonamides is 1. The number of nitrogens with two attached hydrogens (primary N) is 1. The van der Waals surface area contributed by atoms with Crippen LogP contribution in [-0.4, -0.2) is 39.8 Å². The predicted octanol–water partition coefficient (Wildman–Crippen LogP) is 1.43. The van der Waals surface area contributed by atoms with Gasteiger partial charge in [0.15, 0.2) is 5.03 Å². The molecule has 0 spiro atoms. The third-order valence-corrected chi connectivity index (χ3v) is 5.55. The molecule has 0 bridgehead atoms. The Kier molecular flexibility index (Phi) is 5.00. The summed E-state index contributed by atoms with van der Waals surface area (Å²) in [5, 5.41) is 0.128. The quantitative estimate of drug-likeness (QED) is 0.729. The molecule has 1 saturated carbocycles. The highest BCUT2D eigenvalue weighted by Crippen LogP contribution is 2.32. The number of nitrogens with zero attached hydrogens (tertiary/aromatic N) is 3. The van der Waals surface area contributed by atoms with E-state index < -0.39 is 10.0 Å². The normalized spacial score (nSPS) is 15.6. The zero-order chi connectivity index (χ0) is 15.6. The van der Waals surface area contributed by atoms with Crippen LogP contribution in [-0.2, 0) is 16.6 Å². The summed E-state index contributed by atoms with van der Waals surface area (Å²) in [6.45, 7) is 4.98. The zero-order valence-electron chi connectivity index (χ0n) is 12.4. The largest absolute Gasteiger partial charge is 0.393 e. The van der Waals surface area contributed by atoms with Crippen molar-refractivity contribution < 1.29 is 8.42 Å². The summed E-state index contributed by atoms with van der Waals surface area (Å²) in [7, 11) is -3.57. The Morgan fingerprint density at radius 2 is 2.24 bits per heavy atom. The summed E-state index contributed by atoms with van der Waals surface area (Å²) >= 11 is 4.86. The average Bonchev–Trinajstić information content (AvgIpc) is 3.14. The topological polar surface area (TPSA) is 81.2 Å². The Labute approximate surface area is 131 Å². The van der Waals surface area contributed by atoms with Crippen LogP contribution in [0.25, 0.3) is 0 Å². The van der Waals surface area contributed by atoms with Crippen molar-refractivity contribution in [3.05, 3.63) is 12.0 Å². The summed E-state index contributed by atoms with van der Waals surface area (Å²) in [6, 6.07) is 0.0704. The van der Waals surface area contributed by atoms with E-state index in [4.69, 9.17) is 18.0 Å². The second kappa shape index (κ2) is 6.41. The van der Waals surface area contributed by atoms with Gasteiger partial charge in [-0.05, 0) is 26.2 Å². The van der Waals surface area contributed by atoms with Crippen molar-refractivity contribution in [1.82, 2.24) is 13.9 Å². The molecule has 0 radical (unpaired) electrons. The van der Waals surface area contributed by atoms with E-state index in [1.807, 2.05) is 18.4 Å². The van der Waals surface area contributed by atoms with Gasteiger partial charge in [0.2, 0.25) is 0 Å². The Hall–Kier alpha value is -0.990. The molecule has 1 aliphatic carbocycles. The summed E-state index contributed by atoms with van der Waals surface area (Å²) < 4.78 is 28.9. The molecular formula is C13H22N4O2S2. The molecule has 1 aromatic heterocycles. The van der Waals surface area contributed by atoms with Crippen molar-refractivity contribution in [1.29, 1.82) is 0 Å². The van der Waals surface area contributed by atoms with Gasteiger partial charge in [-0.15, -0.1) is 0 Å². The van der Waals surface area contributed by atoms with Gasteiger partial charge in [-0.1, -0.05) is 19.1 Å². The smallest absolute Gasteiger partial charge is 0.262 e. The van der Waals surface area contributed by atoms with Gasteiger partial charge in [0.1, 0.15) is 5.82 Å². The molecule has 0 aliphatic heterocycles. The van der Waals surface area contributed by atoms with E-state index in [-0.39, 0.29) is 11.1 Å². The zero-order valence-corrected chi connectivity index (χ0v) is 14.1. The van der Waals surface area contributed by atoms with E-state index in [0.29, 0.717) is 18.0 Å². The number of thiocarbonyl (C=S) groups is 1. The monoisotopic (exact) mass is 330 g/mol. The van der Waals surface area contributed by atoms with E-state index in [2.05, 4.69) is 4.98 Å². The maximum absolute atomic E-state index is 12.8. The van der Waals surface area contributed by atoms with Crippen LogP contribution >= 0.6 is 12.2 Å². The van der Waals surface area contributed by atoms with Crippen LogP contribution in [0, 0.1) is 6.92 Å². The van der Waals surface area contributed by atoms with Crippen LogP contribution in [0.5, 0.6) is 0 Å². The molecule has 0 unspecified atom stereocenters. The van der Waals surface area contributed by atoms with E-state index in [0.717, 1.165) is 31.6 Å². The van der Waals surface area contributed by atoms with E-state index in [1.54, 1.807) is 6.20 Å². The van der Waals surface area contributed by atoms with Crippen LogP contribution in [0.3, 0.4) is 0 Å². The molecular weight excluding hydrogens is 308 g/mol. The van der Waals surface area contributed by atoms with Crippen molar-refractivity contribution in [3.8, 4) is 0 Å². The number of imidazole rings is 1. The first-order valence-corrected chi connectivity index (χ1v) is 9.05. The molecule has 1 heterocycles. The third kappa shape index (κ3) is 3.81. The number of rotatable bonds is 8. The molecule has 118 valence electrons. The first-order valence-electron chi connectivity index (χ1n) is 7.20. The van der Waals surface area contributed by atoms with Crippen molar-refractivity contribution in [2.24, 2.45) is 5.73 Å². The molecule has 1 fully saturated rings. The second-order valence-corrected chi connectivity index (χ2v) is 7.74. The lowest BCUT2D eigenvalue weighted by molar-refractivity contribution is 0.411. The summed E-state index contributed by atoms with van der Waals surface area (Å²) in [6.07, 6.45) is 4.75. The third-order valence-electron chi connectivity index (χ3n) is 3.52. The van der Waals surface area contributed by atoms with Gasteiger partial charge in [0.05, 0.1) is 4.99 Å². The first kappa shape index (κ1) is 16.4. The lowest BCUT2D eigenvalue weighted by Crippen LogP contribution is -2.35. The molecule has 21 heavy (non-hydrogen) atoms. The lowest BCUT2D eigenvalue weighted by Gasteiger charge is -2.20. The van der Waals surface area contributed by atoms with Gasteiger partial charge in [-0.2, -0.15) is 4.31 Å². The SMILES string of the molecule is CCCn1cc(S(=O)(=O)N(CCC(N)=S)C2CC2)nc1C. The lowest BCUT2D eigenvalue weighted by atomic mass is 10.4. The van der Waals surface area contributed by atoms with Gasteiger partial charge < -0.3 is 10.3 Å². The minimum absolute atomic E-state index is 0.0704. The Morgan fingerprint density at radius 1 is 1.57 bits per heavy atom. The Balaban J connectivity index is 2.25. The maximum atomic E-state index is 12.8. The van der Waals surface area contributed by atoms with Crippen LogP contribution < -0.4 is 5.73 Å². The van der Waals surface area contributed by atoms with E-state index >= 15 is 0 Å². The Morgan fingerprint density at radius 3 is 2.76 bits per heavy atom. The van der Waals surface area contributed by atoms with Crippen molar-refractivity contribution in [3.63, 3.8) is 0 Å². The Bertz CT molecular complexity index is 620. The van der Waals surface area contributed by atoms with E-state index in [9.17, 15) is 8.42 Å². The molecule has 1 aromatic rings. The number of aryl methyl sites for hydroxylation is 2. The highest BCUT2D eigenvalue weighted by molar-refractivity contribution is 7.89. The van der Waals surface area contributed by atoms with Crippen LogP contribution in [0.1, 0.15) is 38.4 Å². The molecule has 2 rings (SSSR count). The number of hydrogen-bond donors (Lipinski definition) is 1. The fourth-order valence-electron chi connectivity index (χ4n) is 2.27. The first-order chi connectivity index (χ1) is 9.86. The number of aromatic nitrogens is 2. The highest BCUT2D eigenvalue weighted by Gasteiger charge is 2.39. The summed E-state index contributed by atoms with van der Waals surface area (Å²) in [4.78, 5) is 4.56. The molecule has 1 aliphatic rings. The standard InChI is InChI=1S/C13H22N4O2S2/c1-3-7-16-9-13(15-10(16)2)21(18,19)17(11-4-5-11)8-6-12(14)20/h9,11H,3-8H2,1-2H3,(H2,14,20). The van der Waals surface area contributed by atoms with Gasteiger partial charge >= 0.3 is 0 Å². The van der Waals surface area contributed by atoms with Crippen molar-refractivity contribution in [2.75, 3.05) is 6.54 Å². The average molecular weight is 330 g/mol. The van der Waals surface area contributed by atoms with Gasteiger partial charge in [-0.3, -0.25) is 0 Å². The molecule has 0 amide bonds. The fourth-order valence-corrected chi connectivity index (χ4v) is 4.05. The van der Waals surface area contributed by atoms with Crippen molar-refractivity contribution >= 4 is 27.2 Å². The number of hydrogen-bond acceptors (Lipinski definition) is 4. The molecule has 2 N–H and O–H groups in total. The van der Waals surface area contributed by atoms with Crippen LogP contribution in [0.2, 0.25) is 0 Å². The minimum atomic E-state index is -3.57. The molecule has 0 aromatic carbocycles. The van der Waals surface area contributed by atoms with Gasteiger partial charge in [-0.25, -0.2) is 13.4 Å². The maximum Gasteiger partial charge on any atom is 0.262 e.